The van der Waals surface area contributed by atoms with Gasteiger partial charge < -0.3 is 4.74 Å². The van der Waals surface area contributed by atoms with E-state index in [0.717, 1.165) is 36.0 Å². The van der Waals surface area contributed by atoms with Crippen molar-refractivity contribution in [2.75, 3.05) is 32.7 Å². The highest BCUT2D eigenvalue weighted by molar-refractivity contribution is 6.31. The number of hydrogen-bond acceptors (Lipinski definition) is 3. The van der Waals surface area contributed by atoms with Crippen LogP contribution in [0.1, 0.15) is 11.4 Å². The molecule has 6 heteroatoms. The normalized spacial score (nSPS) is 11.4. The molecule has 0 amide bonds. The third-order valence-corrected chi connectivity index (χ3v) is 3.31. The molecule has 0 aromatic carbocycles. The number of aromatic nitrogens is 2. The molecular weight excluding hydrogens is 261 g/mol. The second-order valence-electron chi connectivity index (χ2n) is 3.93. The molecule has 1 aromatic rings. The Morgan fingerprint density at radius 3 is 2.59 bits per heavy atom. The van der Waals surface area contributed by atoms with Crippen LogP contribution in [0.4, 0.5) is 0 Å². The molecule has 1 heterocycles. The lowest BCUT2D eigenvalue weighted by Crippen LogP contribution is -2.29. The van der Waals surface area contributed by atoms with E-state index in [1.165, 1.54) is 0 Å². The van der Waals surface area contributed by atoms with E-state index in [1.807, 2.05) is 18.7 Å². The maximum Gasteiger partial charge on any atom is 0.0860 e. The van der Waals surface area contributed by atoms with E-state index < -0.39 is 0 Å². The highest BCUT2D eigenvalue weighted by Gasteiger charge is 2.14. The van der Waals surface area contributed by atoms with Gasteiger partial charge in [0.05, 0.1) is 23.0 Å². The Bertz CT molecular complexity index is 355. The summed E-state index contributed by atoms with van der Waals surface area (Å²) < 4.78 is 6.91. The molecule has 0 saturated carbocycles. The van der Waals surface area contributed by atoms with Crippen molar-refractivity contribution < 1.29 is 4.74 Å². The first kappa shape index (κ1) is 14.8. The lowest BCUT2D eigenvalue weighted by Gasteiger charge is -2.20. The number of nitrogens with zero attached hydrogens (tertiary/aromatic N) is 3. The quantitative estimate of drug-likeness (QED) is 0.716. The lowest BCUT2D eigenvalue weighted by molar-refractivity contribution is 0.146. The Morgan fingerprint density at radius 2 is 2.12 bits per heavy atom. The molecule has 0 bridgehead atoms. The van der Waals surface area contributed by atoms with Crippen LogP contribution in [0, 0.1) is 6.92 Å². The smallest absolute Gasteiger partial charge is 0.0860 e. The molecule has 0 unspecified atom stereocenters. The number of hydrogen-bond donors (Lipinski definition) is 0. The lowest BCUT2D eigenvalue weighted by atomic mass is 10.3. The van der Waals surface area contributed by atoms with Crippen LogP contribution in [0.15, 0.2) is 0 Å². The van der Waals surface area contributed by atoms with Crippen molar-refractivity contribution >= 4 is 23.2 Å². The van der Waals surface area contributed by atoms with Gasteiger partial charge in [-0.25, -0.2) is 0 Å². The van der Waals surface area contributed by atoms with E-state index >= 15 is 0 Å². The monoisotopic (exact) mass is 279 g/mol. The van der Waals surface area contributed by atoms with Crippen LogP contribution in [-0.2, 0) is 18.3 Å². The maximum atomic E-state index is 6.22. The Hall–Kier alpha value is -0.290. The van der Waals surface area contributed by atoms with Gasteiger partial charge in [0, 0.05) is 39.7 Å². The molecule has 0 radical (unpaired) electrons. The summed E-state index contributed by atoms with van der Waals surface area (Å²) in [5.74, 6) is 0.595. The average molecular weight is 280 g/mol. The predicted molar refractivity (Wildman–Crippen MR) is 70.8 cm³/mol. The summed E-state index contributed by atoms with van der Waals surface area (Å²) in [6.45, 7) is 4.99. The van der Waals surface area contributed by atoms with Crippen molar-refractivity contribution in [1.82, 2.24) is 14.7 Å². The average Bonchev–Trinajstić information content (AvgIpc) is 2.53. The fraction of sp³-hybridized carbons (Fsp3) is 0.727. The minimum Gasteiger partial charge on any atom is -0.383 e. The fourth-order valence-electron chi connectivity index (χ4n) is 1.67. The van der Waals surface area contributed by atoms with Crippen molar-refractivity contribution in [1.29, 1.82) is 0 Å². The highest BCUT2D eigenvalue weighted by Crippen LogP contribution is 2.20. The second-order valence-corrected chi connectivity index (χ2v) is 4.68. The topological polar surface area (TPSA) is 30.3 Å². The molecule has 0 aliphatic carbocycles. The van der Waals surface area contributed by atoms with E-state index in [2.05, 4.69) is 10.00 Å². The van der Waals surface area contributed by atoms with Crippen molar-refractivity contribution in [2.24, 2.45) is 7.05 Å². The first-order chi connectivity index (χ1) is 8.10. The van der Waals surface area contributed by atoms with Gasteiger partial charge in [-0.3, -0.25) is 9.58 Å². The molecule has 1 rings (SSSR count). The van der Waals surface area contributed by atoms with E-state index in [4.69, 9.17) is 27.9 Å². The molecule has 17 heavy (non-hydrogen) atoms. The number of methoxy groups -OCH3 is 1. The minimum absolute atomic E-state index is 0.595. The molecule has 0 aliphatic rings. The van der Waals surface area contributed by atoms with Gasteiger partial charge in [-0.05, 0) is 6.92 Å². The van der Waals surface area contributed by atoms with E-state index in [9.17, 15) is 0 Å². The first-order valence-corrected chi connectivity index (χ1v) is 6.46. The molecule has 0 saturated heterocycles. The number of aryl methyl sites for hydroxylation is 2. The molecule has 0 fully saturated rings. The Labute approximate surface area is 112 Å². The molecular formula is C11H19Cl2N3O. The standard InChI is InChI=1S/C11H19Cl2N3O/c1-9-11(13)10(15(2)14-9)8-16(5-4-12)6-7-17-3/h4-8H2,1-3H3. The predicted octanol–water partition coefficient (Wildman–Crippen LogP) is 2.07. The van der Waals surface area contributed by atoms with Crippen LogP contribution in [0.5, 0.6) is 0 Å². The molecule has 98 valence electrons. The van der Waals surface area contributed by atoms with Gasteiger partial charge in [0.15, 0.2) is 0 Å². The fourth-order valence-corrected chi connectivity index (χ4v) is 2.13. The number of halogens is 2. The van der Waals surface area contributed by atoms with Gasteiger partial charge in [0.1, 0.15) is 0 Å². The molecule has 0 N–H and O–H groups in total. The molecule has 4 nitrogen and oxygen atoms in total. The Balaban J connectivity index is 2.70. The summed E-state index contributed by atoms with van der Waals surface area (Å²) >= 11 is 12.0. The summed E-state index contributed by atoms with van der Waals surface area (Å²) in [7, 11) is 3.60. The van der Waals surface area contributed by atoms with Gasteiger partial charge in [0.2, 0.25) is 0 Å². The summed E-state index contributed by atoms with van der Waals surface area (Å²) in [5, 5.41) is 5.04. The summed E-state index contributed by atoms with van der Waals surface area (Å²) in [4.78, 5) is 2.21. The van der Waals surface area contributed by atoms with Crippen molar-refractivity contribution in [3.63, 3.8) is 0 Å². The van der Waals surface area contributed by atoms with Gasteiger partial charge in [0.25, 0.3) is 0 Å². The van der Waals surface area contributed by atoms with Gasteiger partial charge in [-0.2, -0.15) is 5.10 Å². The van der Waals surface area contributed by atoms with E-state index in [0.29, 0.717) is 12.5 Å². The van der Waals surface area contributed by atoms with Crippen LogP contribution >= 0.6 is 23.2 Å². The zero-order valence-electron chi connectivity index (χ0n) is 10.5. The van der Waals surface area contributed by atoms with Crippen molar-refractivity contribution in [3.05, 3.63) is 16.4 Å². The largest absolute Gasteiger partial charge is 0.383 e. The molecule has 1 aromatic heterocycles. The number of ether oxygens (including phenoxy) is 1. The van der Waals surface area contributed by atoms with Gasteiger partial charge in [-0.1, -0.05) is 11.6 Å². The van der Waals surface area contributed by atoms with Crippen LogP contribution in [0.25, 0.3) is 0 Å². The molecule has 0 spiro atoms. The Kier molecular flexibility index (Phi) is 6.27. The Morgan fingerprint density at radius 1 is 1.41 bits per heavy atom. The van der Waals surface area contributed by atoms with Gasteiger partial charge in [-0.15, -0.1) is 11.6 Å². The number of alkyl halides is 1. The van der Waals surface area contributed by atoms with Crippen LogP contribution in [0.3, 0.4) is 0 Å². The van der Waals surface area contributed by atoms with Crippen LogP contribution in [0.2, 0.25) is 5.02 Å². The summed E-state index contributed by atoms with van der Waals surface area (Å²) in [6.07, 6.45) is 0. The number of rotatable bonds is 7. The van der Waals surface area contributed by atoms with Crippen LogP contribution < -0.4 is 0 Å². The minimum atomic E-state index is 0.595. The summed E-state index contributed by atoms with van der Waals surface area (Å²) in [5.41, 5.74) is 1.88. The molecule has 0 aliphatic heterocycles. The SMILES string of the molecule is COCCN(CCCl)Cc1c(Cl)c(C)nn1C. The third-order valence-electron chi connectivity index (χ3n) is 2.65. The maximum absolute atomic E-state index is 6.22. The van der Waals surface area contributed by atoms with Crippen molar-refractivity contribution in [2.45, 2.75) is 13.5 Å². The van der Waals surface area contributed by atoms with E-state index in [1.54, 1.807) is 7.11 Å². The zero-order valence-corrected chi connectivity index (χ0v) is 12.1. The molecule has 0 atom stereocenters. The van der Waals surface area contributed by atoms with E-state index in [-0.39, 0.29) is 0 Å². The third kappa shape index (κ3) is 4.14. The van der Waals surface area contributed by atoms with Gasteiger partial charge >= 0.3 is 0 Å². The highest BCUT2D eigenvalue weighted by atomic mass is 35.5. The first-order valence-electron chi connectivity index (χ1n) is 5.55. The van der Waals surface area contributed by atoms with Crippen LogP contribution in [-0.4, -0.2) is 47.4 Å². The second kappa shape index (κ2) is 7.21. The zero-order chi connectivity index (χ0) is 12.8. The summed E-state index contributed by atoms with van der Waals surface area (Å²) in [6, 6.07) is 0. The van der Waals surface area contributed by atoms with Crippen molar-refractivity contribution in [3.8, 4) is 0 Å².